The van der Waals surface area contributed by atoms with Gasteiger partial charge in [-0.05, 0) is 35.0 Å². The number of nitroso groups, excluding NO2 is 1. The highest BCUT2D eigenvalue weighted by atomic mass is 16.3. The summed E-state index contributed by atoms with van der Waals surface area (Å²) < 4.78 is 0. The largest absolute Gasteiger partial charge is 0.262 e. The van der Waals surface area contributed by atoms with Crippen LogP contribution in [0.4, 0.5) is 11.4 Å². The van der Waals surface area contributed by atoms with Gasteiger partial charge in [-0.1, -0.05) is 26.8 Å². The van der Waals surface area contributed by atoms with Gasteiger partial charge < -0.3 is 0 Å². The van der Waals surface area contributed by atoms with E-state index >= 15 is 0 Å². The van der Waals surface area contributed by atoms with Gasteiger partial charge in [0.15, 0.2) is 0 Å². The lowest BCUT2D eigenvalue weighted by Gasteiger charge is -2.19. The summed E-state index contributed by atoms with van der Waals surface area (Å²) in [7, 11) is 0. The third-order valence-electron chi connectivity index (χ3n) is 2.11. The minimum absolute atomic E-state index is 0.0130. The van der Waals surface area contributed by atoms with Crippen LogP contribution in [0.15, 0.2) is 28.4 Å². The molecule has 3 heteroatoms. The second-order valence-corrected chi connectivity index (χ2v) is 4.20. The Bertz CT molecular complexity index is 364. The highest BCUT2D eigenvalue weighted by Crippen LogP contribution is 2.32. The molecule has 1 rings (SSSR count). The number of hydrogen-bond donors (Lipinski definition) is 0. The molecule has 0 N–H and O–H groups in total. The van der Waals surface area contributed by atoms with E-state index in [9.17, 15) is 4.91 Å². The Morgan fingerprint density at radius 2 is 1.86 bits per heavy atom. The topological polar surface area (TPSA) is 41.8 Å². The minimum Gasteiger partial charge on any atom is -0.262 e. The number of benzene rings is 1. The molecule has 0 unspecified atom stereocenters. The average molecular weight is 190 g/mol. The fraction of sp³-hybridized carbons (Fsp3) is 0.364. The Morgan fingerprint density at radius 3 is 2.29 bits per heavy atom. The maximum atomic E-state index is 10.5. The molecule has 0 amide bonds. The van der Waals surface area contributed by atoms with Crippen LogP contribution in [0.3, 0.4) is 0 Å². The predicted molar refractivity (Wildman–Crippen MR) is 59.8 cm³/mol. The van der Waals surface area contributed by atoms with E-state index in [1.165, 1.54) is 0 Å². The average Bonchev–Trinajstić information content (AvgIpc) is 2.15. The molecule has 0 aliphatic heterocycles. The van der Waals surface area contributed by atoms with Crippen molar-refractivity contribution in [1.29, 1.82) is 0 Å². The van der Waals surface area contributed by atoms with Crippen LogP contribution in [-0.4, -0.2) is 6.72 Å². The first kappa shape index (κ1) is 10.6. The van der Waals surface area contributed by atoms with E-state index in [2.05, 4.69) is 37.7 Å². The first-order valence-electron chi connectivity index (χ1n) is 4.43. The van der Waals surface area contributed by atoms with Gasteiger partial charge in [-0.2, -0.15) is 0 Å². The molecule has 1 aromatic rings. The summed E-state index contributed by atoms with van der Waals surface area (Å²) in [6.45, 7) is 9.63. The molecule has 0 aromatic heterocycles. The lowest BCUT2D eigenvalue weighted by molar-refractivity contribution is 0.590. The van der Waals surface area contributed by atoms with Gasteiger partial charge in [0.05, 0.1) is 5.69 Å². The highest BCUT2D eigenvalue weighted by molar-refractivity contribution is 5.65. The Kier molecular flexibility index (Phi) is 2.79. The van der Waals surface area contributed by atoms with Crippen LogP contribution in [0.25, 0.3) is 0 Å². The fourth-order valence-electron chi connectivity index (χ4n) is 1.20. The fourth-order valence-corrected chi connectivity index (χ4v) is 1.20. The zero-order valence-corrected chi connectivity index (χ0v) is 8.74. The summed E-state index contributed by atoms with van der Waals surface area (Å²) in [6.07, 6.45) is 0. The van der Waals surface area contributed by atoms with Crippen molar-refractivity contribution in [2.45, 2.75) is 26.2 Å². The molecule has 0 fully saturated rings. The predicted octanol–water partition coefficient (Wildman–Crippen LogP) is 3.71. The van der Waals surface area contributed by atoms with Crippen molar-refractivity contribution in [2.24, 2.45) is 10.2 Å². The molecular formula is C11H14N2O. The zero-order chi connectivity index (χ0) is 10.8. The molecule has 3 nitrogen and oxygen atoms in total. The minimum atomic E-state index is 0.0130. The second kappa shape index (κ2) is 3.70. The Hall–Kier alpha value is -1.51. The first-order chi connectivity index (χ1) is 6.49. The van der Waals surface area contributed by atoms with Crippen LogP contribution < -0.4 is 0 Å². The normalized spacial score (nSPS) is 11.1. The van der Waals surface area contributed by atoms with E-state index in [1.807, 2.05) is 6.07 Å². The van der Waals surface area contributed by atoms with Gasteiger partial charge in [0.2, 0.25) is 0 Å². The number of aliphatic imine (C=N–C) groups is 1. The summed E-state index contributed by atoms with van der Waals surface area (Å²) in [6, 6.07) is 5.47. The van der Waals surface area contributed by atoms with E-state index in [0.717, 1.165) is 5.56 Å². The van der Waals surface area contributed by atoms with Gasteiger partial charge >= 0.3 is 0 Å². The molecule has 14 heavy (non-hydrogen) atoms. The maximum Gasteiger partial charge on any atom is 0.133 e. The third kappa shape index (κ3) is 2.05. The summed E-state index contributed by atoms with van der Waals surface area (Å²) >= 11 is 0. The van der Waals surface area contributed by atoms with E-state index < -0.39 is 0 Å². The molecule has 1 aromatic carbocycles. The highest BCUT2D eigenvalue weighted by Gasteiger charge is 2.15. The van der Waals surface area contributed by atoms with E-state index in [0.29, 0.717) is 11.4 Å². The van der Waals surface area contributed by atoms with Gasteiger partial charge in [0.25, 0.3) is 0 Å². The smallest absolute Gasteiger partial charge is 0.133 e. The molecule has 0 saturated carbocycles. The van der Waals surface area contributed by atoms with Gasteiger partial charge in [-0.3, -0.25) is 4.99 Å². The van der Waals surface area contributed by atoms with Crippen molar-refractivity contribution in [2.75, 3.05) is 0 Å². The molecule has 0 saturated heterocycles. The SMILES string of the molecule is C=Nc1ccc(C(C)(C)C)cc1N=O. The number of hydrogen-bond acceptors (Lipinski definition) is 3. The van der Waals surface area contributed by atoms with Crippen LogP contribution in [-0.2, 0) is 5.41 Å². The lowest BCUT2D eigenvalue weighted by Crippen LogP contribution is -2.10. The van der Waals surface area contributed by atoms with Crippen molar-refractivity contribution in [1.82, 2.24) is 0 Å². The van der Waals surface area contributed by atoms with E-state index in [1.54, 1.807) is 12.1 Å². The first-order valence-corrected chi connectivity index (χ1v) is 4.43. The summed E-state index contributed by atoms with van der Waals surface area (Å²) in [5.41, 5.74) is 1.97. The molecule has 74 valence electrons. The quantitative estimate of drug-likeness (QED) is 0.517. The van der Waals surface area contributed by atoms with Gasteiger partial charge in [-0.15, -0.1) is 4.91 Å². The zero-order valence-electron chi connectivity index (χ0n) is 8.74. The van der Waals surface area contributed by atoms with Gasteiger partial charge in [-0.25, -0.2) is 0 Å². The van der Waals surface area contributed by atoms with Crippen LogP contribution in [0, 0.1) is 4.91 Å². The monoisotopic (exact) mass is 190 g/mol. The van der Waals surface area contributed by atoms with Crippen LogP contribution in [0.5, 0.6) is 0 Å². The number of rotatable bonds is 2. The molecule has 0 aliphatic rings. The standard InChI is InChI=1S/C11H14N2O/c1-11(2,3)8-5-6-9(12-4)10(7-8)13-14/h5-7H,4H2,1-3H3. The lowest BCUT2D eigenvalue weighted by atomic mass is 9.87. The van der Waals surface area contributed by atoms with Crippen molar-refractivity contribution in [3.05, 3.63) is 28.7 Å². The molecule has 0 atom stereocenters. The second-order valence-electron chi connectivity index (χ2n) is 4.20. The summed E-state index contributed by atoms with van der Waals surface area (Å²) in [5.74, 6) is 0. The van der Waals surface area contributed by atoms with Crippen molar-refractivity contribution in [3.8, 4) is 0 Å². The molecule has 0 heterocycles. The number of nitrogens with zero attached hydrogens (tertiary/aromatic N) is 2. The van der Waals surface area contributed by atoms with Crippen LogP contribution in [0.1, 0.15) is 26.3 Å². The molecule has 0 bridgehead atoms. The van der Waals surface area contributed by atoms with Crippen LogP contribution in [0.2, 0.25) is 0 Å². The Labute approximate surface area is 83.8 Å². The Morgan fingerprint density at radius 1 is 1.21 bits per heavy atom. The van der Waals surface area contributed by atoms with Crippen molar-refractivity contribution in [3.63, 3.8) is 0 Å². The Balaban J connectivity index is 3.27. The molecule has 0 radical (unpaired) electrons. The molecular weight excluding hydrogens is 176 g/mol. The summed E-state index contributed by atoms with van der Waals surface area (Å²) in [4.78, 5) is 14.2. The van der Waals surface area contributed by atoms with Gasteiger partial charge in [0.1, 0.15) is 5.69 Å². The van der Waals surface area contributed by atoms with E-state index in [-0.39, 0.29) is 5.41 Å². The van der Waals surface area contributed by atoms with E-state index in [4.69, 9.17) is 0 Å². The maximum absolute atomic E-state index is 10.5. The summed E-state index contributed by atoms with van der Waals surface area (Å²) in [5, 5.41) is 2.93. The van der Waals surface area contributed by atoms with Crippen molar-refractivity contribution < 1.29 is 0 Å². The van der Waals surface area contributed by atoms with Crippen LogP contribution >= 0.6 is 0 Å². The van der Waals surface area contributed by atoms with Crippen molar-refractivity contribution >= 4 is 18.1 Å². The molecule has 0 spiro atoms. The van der Waals surface area contributed by atoms with Gasteiger partial charge in [0, 0.05) is 0 Å². The molecule has 0 aliphatic carbocycles. The third-order valence-corrected chi connectivity index (χ3v) is 2.11.